The number of hydrogen-bond donors (Lipinski definition) is 2. The van der Waals surface area contributed by atoms with Crippen molar-refractivity contribution in [2.24, 2.45) is 5.73 Å². The van der Waals surface area contributed by atoms with Crippen LogP contribution in [-0.4, -0.2) is 11.7 Å². The monoisotopic (exact) mass is 643 g/mol. The minimum Gasteiger partial charge on any atom is -0.506 e. The number of halogens is 4. The Balaban J connectivity index is 0.00000220. The summed E-state index contributed by atoms with van der Waals surface area (Å²) in [5, 5.41) is 9.76. The van der Waals surface area contributed by atoms with Crippen LogP contribution in [0.1, 0.15) is 5.56 Å². The SMILES string of the molecule is Cl.NCCc1ccc(Oc2cc(I)c(O)c(I)c2)c(I)c1. The zero-order valence-electron chi connectivity index (χ0n) is 10.8. The van der Waals surface area contributed by atoms with Gasteiger partial charge in [-0.1, -0.05) is 6.07 Å². The first kappa shape index (κ1) is 19.5. The first-order chi connectivity index (χ1) is 9.51. The van der Waals surface area contributed by atoms with E-state index in [2.05, 4.69) is 73.8 Å². The summed E-state index contributed by atoms with van der Waals surface area (Å²) in [5.41, 5.74) is 6.77. The third kappa shape index (κ3) is 5.26. The Labute approximate surface area is 170 Å². The summed E-state index contributed by atoms with van der Waals surface area (Å²) in [6.45, 7) is 0.643. The highest BCUT2D eigenvalue weighted by molar-refractivity contribution is 14.1. The van der Waals surface area contributed by atoms with Gasteiger partial charge in [0.15, 0.2) is 0 Å². The van der Waals surface area contributed by atoms with Crippen molar-refractivity contribution < 1.29 is 9.84 Å². The fourth-order valence-corrected chi connectivity index (χ4v) is 4.08. The van der Waals surface area contributed by atoms with Gasteiger partial charge < -0.3 is 15.6 Å². The Kier molecular flexibility index (Phi) is 8.31. The Morgan fingerprint density at radius 3 is 2.14 bits per heavy atom. The number of benzene rings is 2. The van der Waals surface area contributed by atoms with Gasteiger partial charge in [-0.3, -0.25) is 0 Å². The third-order valence-electron chi connectivity index (χ3n) is 2.65. The van der Waals surface area contributed by atoms with Crippen molar-refractivity contribution in [1.82, 2.24) is 0 Å². The number of rotatable bonds is 4. The van der Waals surface area contributed by atoms with E-state index in [1.54, 1.807) is 0 Å². The van der Waals surface area contributed by atoms with Crippen LogP contribution < -0.4 is 10.5 Å². The van der Waals surface area contributed by atoms with Gasteiger partial charge in [0.1, 0.15) is 17.2 Å². The van der Waals surface area contributed by atoms with Crippen LogP contribution in [0.3, 0.4) is 0 Å². The molecule has 0 aliphatic carbocycles. The van der Waals surface area contributed by atoms with E-state index in [-0.39, 0.29) is 12.4 Å². The first-order valence-electron chi connectivity index (χ1n) is 5.85. The average Bonchev–Trinajstić information content (AvgIpc) is 2.39. The molecule has 2 aromatic carbocycles. The molecule has 7 heteroatoms. The van der Waals surface area contributed by atoms with Gasteiger partial charge in [-0.2, -0.15) is 0 Å². The van der Waals surface area contributed by atoms with E-state index >= 15 is 0 Å². The molecule has 0 bridgehead atoms. The second kappa shape index (κ2) is 8.94. The summed E-state index contributed by atoms with van der Waals surface area (Å²) >= 11 is 6.44. The molecular formula is C14H13ClI3NO2. The van der Waals surface area contributed by atoms with Crippen LogP contribution >= 0.6 is 80.2 Å². The normalized spacial score (nSPS) is 10.1. The summed E-state index contributed by atoms with van der Waals surface area (Å²) in [5.74, 6) is 1.83. The summed E-state index contributed by atoms with van der Waals surface area (Å²) < 4.78 is 8.50. The second-order valence-corrected chi connectivity index (χ2v) is 7.63. The van der Waals surface area contributed by atoms with Gasteiger partial charge in [0, 0.05) is 0 Å². The molecule has 0 aromatic heterocycles. The van der Waals surface area contributed by atoms with Gasteiger partial charge in [-0.25, -0.2) is 0 Å². The zero-order chi connectivity index (χ0) is 14.7. The van der Waals surface area contributed by atoms with Crippen molar-refractivity contribution in [1.29, 1.82) is 0 Å². The smallest absolute Gasteiger partial charge is 0.142 e. The molecule has 0 amide bonds. The van der Waals surface area contributed by atoms with E-state index in [1.807, 2.05) is 24.3 Å². The van der Waals surface area contributed by atoms with E-state index < -0.39 is 0 Å². The Bertz CT molecular complexity index is 615. The van der Waals surface area contributed by atoms with Crippen LogP contribution in [0, 0.1) is 10.7 Å². The molecule has 2 rings (SSSR count). The van der Waals surface area contributed by atoms with Crippen molar-refractivity contribution in [3.05, 3.63) is 46.6 Å². The number of phenols is 1. The molecule has 2 aromatic rings. The van der Waals surface area contributed by atoms with Crippen LogP contribution in [0.2, 0.25) is 0 Å². The molecule has 0 fully saturated rings. The molecule has 0 aliphatic heterocycles. The van der Waals surface area contributed by atoms with Gasteiger partial charge in [-0.15, -0.1) is 12.4 Å². The van der Waals surface area contributed by atoms with Crippen LogP contribution in [0.5, 0.6) is 17.2 Å². The molecule has 3 nitrogen and oxygen atoms in total. The van der Waals surface area contributed by atoms with Crippen molar-refractivity contribution in [3.63, 3.8) is 0 Å². The maximum atomic E-state index is 9.76. The zero-order valence-corrected chi connectivity index (χ0v) is 18.1. The highest BCUT2D eigenvalue weighted by Crippen LogP contribution is 2.34. The van der Waals surface area contributed by atoms with Crippen molar-refractivity contribution in [3.8, 4) is 17.2 Å². The number of nitrogens with two attached hydrogens (primary N) is 1. The van der Waals surface area contributed by atoms with Crippen LogP contribution in [0.4, 0.5) is 0 Å². The molecule has 0 heterocycles. The van der Waals surface area contributed by atoms with Crippen molar-refractivity contribution >= 4 is 80.2 Å². The van der Waals surface area contributed by atoms with Crippen LogP contribution in [0.15, 0.2) is 30.3 Å². The molecule has 0 spiro atoms. The predicted octanol–water partition coefficient (Wildman–Crippen LogP) is 4.92. The molecule has 114 valence electrons. The fourth-order valence-electron chi connectivity index (χ4n) is 1.68. The topological polar surface area (TPSA) is 55.5 Å². The molecule has 0 aliphatic rings. The standard InChI is InChI=1S/C14H12I3NO2.ClH/c15-10-5-8(3-4-18)1-2-13(10)20-9-6-11(16)14(19)12(17)7-9;/h1-2,5-7,19H,3-4,18H2;1H. The van der Waals surface area contributed by atoms with Crippen LogP contribution in [-0.2, 0) is 6.42 Å². The lowest BCUT2D eigenvalue weighted by molar-refractivity contribution is 0.456. The average molecular weight is 643 g/mol. The summed E-state index contributed by atoms with van der Waals surface area (Å²) in [6.07, 6.45) is 0.866. The molecule has 0 unspecified atom stereocenters. The maximum absolute atomic E-state index is 9.76. The minimum absolute atomic E-state index is 0. The number of ether oxygens (including phenoxy) is 1. The summed E-state index contributed by atoms with van der Waals surface area (Å²) in [7, 11) is 0. The third-order valence-corrected chi connectivity index (χ3v) is 5.14. The predicted molar refractivity (Wildman–Crippen MR) is 113 cm³/mol. The molecule has 0 radical (unpaired) electrons. The van der Waals surface area contributed by atoms with Gasteiger partial charge >= 0.3 is 0 Å². The quantitative estimate of drug-likeness (QED) is 0.466. The largest absolute Gasteiger partial charge is 0.506 e. The minimum atomic E-state index is 0. The highest BCUT2D eigenvalue weighted by Gasteiger charge is 2.09. The number of hydrogen-bond acceptors (Lipinski definition) is 3. The summed E-state index contributed by atoms with van der Waals surface area (Å²) in [4.78, 5) is 0. The first-order valence-corrected chi connectivity index (χ1v) is 9.09. The van der Waals surface area contributed by atoms with Gasteiger partial charge in [-0.05, 0) is 111 Å². The fraction of sp³-hybridized carbons (Fsp3) is 0.143. The molecular weight excluding hydrogens is 630 g/mol. The lowest BCUT2D eigenvalue weighted by Crippen LogP contribution is -2.02. The molecule has 0 atom stereocenters. The Hall–Kier alpha value is 0.480. The lowest BCUT2D eigenvalue weighted by Gasteiger charge is -2.11. The highest BCUT2D eigenvalue weighted by atomic mass is 127. The van der Waals surface area contributed by atoms with Gasteiger partial charge in [0.2, 0.25) is 0 Å². The summed E-state index contributed by atoms with van der Waals surface area (Å²) in [6, 6.07) is 9.71. The van der Waals surface area contributed by atoms with Crippen LogP contribution in [0.25, 0.3) is 0 Å². The Morgan fingerprint density at radius 1 is 1.00 bits per heavy atom. The lowest BCUT2D eigenvalue weighted by atomic mass is 10.1. The van der Waals surface area contributed by atoms with E-state index in [0.717, 1.165) is 28.6 Å². The number of phenolic OH excluding ortho intramolecular Hbond substituents is 1. The van der Waals surface area contributed by atoms with Crippen molar-refractivity contribution in [2.45, 2.75) is 6.42 Å². The van der Waals surface area contributed by atoms with E-state index in [1.165, 1.54) is 5.56 Å². The maximum Gasteiger partial charge on any atom is 0.142 e. The van der Waals surface area contributed by atoms with E-state index in [4.69, 9.17) is 10.5 Å². The molecule has 0 saturated carbocycles. The Morgan fingerprint density at radius 2 is 1.62 bits per heavy atom. The number of aromatic hydroxyl groups is 1. The van der Waals surface area contributed by atoms with Crippen molar-refractivity contribution in [2.75, 3.05) is 6.54 Å². The molecule has 21 heavy (non-hydrogen) atoms. The molecule has 3 N–H and O–H groups in total. The molecule has 0 saturated heterocycles. The van der Waals surface area contributed by atoms with E-state index in [9.17, 15) is 5.11 Å². The van der Waals surface area contributed by atoms with Gasteiger partial charge in [0.25, 0.3) is 0 Å². The van der Waals surface area contributed by atoms with E-state index in [0.29, 0.717) is 12.3 Å². The second-order valence-electron chi connectivity index (χ2n) is 4.14. The van der Waals surface area contributed by atoms with Gasteiger partial charge in [0.05, 0.1) is 10.7 Å².